The quantitative estimate of drug-likeness (QED) is 0.0875. The molecule has 0 amide bonds. The molecule has 37 heteroatoms. The lowest BCUT2D eigenvalue weighted by atomic mass is 9.82. The largest absolute Gasteiger partial charge is 0.460 e. The number of carbonyl (C=O) groups is 1. The highest BCUT2D eigenvalue weighted by Gasteiger charge is 3.02. The first-order valence-electron chi connectivity index (χ1n) is 12.3. The molecule has 0 rings (SSSR count). The lowest BCUT2D eigenvalue weighted by molar-refractivity contribution is -0.500. The summed E-state index contributed by atoms with van der Waals surface area (Å²) < 4.78 is 478. The van der Waals surface area contributed by atoms with E-state index in [0.717, 1.165) is 0 Å². The Balaban J connectivity index is 8.34. The maximum atomic E-state index is 15.1. The second kappa shape index (κ2) is 13.4. The van der Waals surface area contributed by atoms with Gasteiger partial charge in [-0.2, -0.15) is 154 Å². The van der Waals surface area contributed by atoms with Crippen molar-refractivity contribution in [3.05, 3.63) is 12.2 Å². The zero-order valence-electron chi connectivity index (χ0n) is 25.3. The molecular weight excluding hydrogens is 949 g/mol. The maximum absolute atomic E-state index is 15.1. The van der Waals surface area contributed by atoms with Gasteiger partial charge in [-0.15, -0.1) is 0 Å². The van der Waals surface area contributed by atoms with Gasteiger partial charge in [0.25, 0.3) is 0 Å². The minimum atomic E-state index is -10.4. The molecule has 0 aromatic rings. The summed E-state index contributed by atoms with van der Waals surface area (Å²) in [5.41, 5.74) is -2.37. The number of ether oxygens (including phenoxy) is 1. The van der Waals surface area contributed by atoms with Crippen LogP contribution in [0.4, 0.5) is 154 Å². The monoisotopic (exact) mass is 954 g/mol. The van der Waals surface area contributed by atoms with Gasteiger partial charge in [0, 0.05) is 5.57 Å². The van der Waals surface area contributed by atoms with Gasteiger partial charge in [-0.05, 0) is 6.92 Å². The van der Waals surface area contributed by atoms with Crippen molar-refractivity contribution in [1.82, 2.24) is 0 Å². The van der Waals surface area contributed by atoms with Gasteiger partial charge >= 0.3 is 107 Å². The highest BCUT2D eigenvalue weighted by molar-refractivity contribution is 5.87. The van der Waals surface area contributed by atoms with Crippen LogP contribution >= 0.6 is 0 Å². The first-order chi connectivity index (χ1) is 24.3. The fourth-order valence-electron chi connectivity index (χ4n) is 3.27. The first kappa shape index (κ1) is 54.8. The van der Waals surface area contributed by atoms with Gasteiger partial charge in [0.1, 0.15) is 0 Å². The molecule has 0 fully saturated rings. The molecule has 2 nitrogen and oxygen atoms in total. The molecule has 1 unspecified atom stereocenters. The molecule has 0 aliphatic carbocycles. The number of hydrogen-bond acceptors (Lipinski definition) is 2. The maximum Gasteiger partial charge on any atom is 0.460 e. The summed E-state index contributed by atoms with van der Waals surface area (Å²) in [6, 6.07) is 0. The highest BCUT2D eigenvalue weighted by atomic mass is 19.4. The van der Waals surface area contributed by atoms with Crippen LogP contribution in [-0.2, 0) is 9.53 Å². The molecule has 0 bridgehead atoms. The van der Waals surface area contributed by atoms with Crippen LogP contribution in [0.15, 0.2) is 12.2 Å². The van der Waals surface area contributed by atoms with Crippen LogP contribution in [0, 0.1) is 0 Å². The lowest BCUT2D eigenvalue weighted by Gasteiger charge is -2.48. The molecule has 1 atom stereocenters. The third kappa shape index (κ3) is 6.30. The van der Waals surface area contributed by atoms with Crippen molar-refractivity contribution < 1.29 is 163 Å². The van der Waals surface area contributed by atoms with Crippen LogP contribution in [-0.4, -0.2) is 107 Å². The Hall–Kier alpha value is -3.24. The zero-order chi connectivity index (χ0) is 48.4. The Labute approximate surface area is 290 Å². The lowest BCUT2D eigenvalue weighted by Crippen LogP contribution is -2.81. The van der Waals surface area contributed by atoms with Crippen molar-refractivity contribution in [2.24, 2.45) is 0 Å². The molecule has 0 saturated carbocycles. The van der Waals surface area contributed by atoms with E-state index in [0.29, 0.717) is 0 Å². The minimum Gasteiger partial charge on any atom is -0.413 e. The van der Waals surface area contributed by atoms with Crippen molar-refractivity contribution in [1.29, 1.82) is 0 Å². The Morgan fingerprint density at radius 1 is 0.293 bits per heavy atom. The summed E-state index contributed by atoms with van der Waals surface area (Å²) in [6.07, 6.45) is -16.9. The molecule has 0 radical (unpaired) electrons. The average molecular weight is 954 g/mol. The van der Waals surface area contributed by atoms with E-state index in [1.807, 2.05) is 6.58 Å². The Kier molecular flexibility index (Phi) is 12.6. The molecule has 0 saturated heterocycles. The van der Waals surface area contributed by atoms with Crippen LogP contribution < -0.4 is 0 Å². The van der Waals surface area contributed by atoms with E-state index in [9.17, 15) is 154 Å². The van der Waals surface area contributed by atoms with Gasteiger partial charge in [0.15, 0.2) is 0 Å². The predicted molar refractivity (Wildman–Crippen MR) is 106 cm³/mol. The number of hydrogen-bond donors (Lipinski definition) is 0. The normalized spacial score (nSPS) is 17.6. The number of esters is 1. The van der Waals surface area contributed by atoms with Crippen molar-refractivity contribution in [3.8, 4) is 0 Å². The van der Waals surface area contributed by atoms with Gasteiger partial charge in [0.05, 0.1) is 0 Å². The highest BCUT2D eigenvalue weighted by Crippen LogP contribution is 2.70. The van der Waals surface area contributed by atoms with Gasteiger partial charge < -0.3 is 4.74 Å². The summed E-state index contributed by atoms with van der Waals surface area (Å²) in [6.45, 7) is 1.51. The zero-order valence-corrected chi connectivity index (χ0v) is 25.3. The minimum absolute atomic E-state index is 0.406. The third-order valence-electron chi connectivity index (χ3n) is 6.83. The predicted octanol–water partition coefficient (Wildman–Crippen LogP) is 11.8. The molecule has 58 heavy (non-hydrogen) atoms. The number of rotatable bonds is 16. The Morgan fingerprint density at radius 2 is 0.431 bits per heavy atom. The summed E-state index contributed by atoms with van der Waals surface area (Å²) >= 11 is 0. The van der Waals surface area contributed by atoms with E-state index in [1.54, 1.807) is 4.74 Å². The number of carbonyl (C=O) groups excluding carboxylic acids is 1. The van der Waals surface area contributed by atoms with E-state index in [-0.39, 0.29) is 0 Å². The molecule has 0 aromatic carbocycles. The molecule has 0 aromatic heterocycles. The van der Waals surface area contributed by atoms with E-state index >= 15 is 4.39 Å². The van der Waals surface area contributed by atoms with Crippen molar-refractivity contribution >= 4 is 5.97 Å². The fourth-order valence-corrected chi connectivity index (χ4v) is 3.27. The first-order valence-corrected chi connectivity index (χ1v) is 12.3. The molecule has 0 heterocycles. The standard InChI is InChI=1S/C21H5F35O2/c1-3(2)4(57)58-19(50,16(44,45)12(36,37)14(40,41)18(48,49)21(54,55)56)15(42,43)11(34,35)9(30,31)7(26,27)5(22,23)6(24,25)8(28,29)10(32,33)13(38,39)17(46,47)20(51,52)53/h1H2,2H3. The van der Waals surface area contributed by atoms with Crippen LogP contribution in [0.1, 0.15) is 6.92 Å². The van der Waals surface area contributed by atoms with Crippen molar-refractivity contribution in [2.45, 2.75) is 108 Å². The molecule has 0 N–H and O–H groups in total. The van der Waals surface area contributed by atoms with Crippen molar-refractivity contribution in [2.75, 3.05) is 0 Å². The summed E-state index contributed by atoms with van der Waals surface area (Å²) in [7, 11) is 0. The Bertz CT molecular complexity index is 1560. The van der Waals surface area contributed by atoms with E-state index in [1.165, 1.54) is 0 Å². The van der Waals surface area contributed by atoms with Gasteiger partial charge in [-0.25, -0.2) is 4.79 Å². The third-order valence-corrected chi connectivity index (χ3v) is 6.83. The molecule has 346 valence electrons. The summed E-state index contributed by atoms with van der Waals surface area (Å²) in [4.78, 5) is 11.3. The second-order valence-corrected chi connectivity index (χ2v) is 10.8. The van der Waals surface area contributed by atoms with Crippen LogP contribution in [0.5, 0.6) is 0 Å². The van der Waals surface area contributed by atoms with E-state index in [4.69, 9.17) is 0 Å². The van der Waals surface area contributed by atoms with Gasteiger partial charge in [-0.3, -0.25) is 0 Å². The molecule has 0 spiro atoms. The van der Waals surface area contributed by atoms with Gasteiger partial charge in [-0.1, -0.05) is 6.58 Å². The summed E-state index contributed by atoms with van der Waals surface area (Å²) in [5, 5.41) is 0. The molecular formula is C21H5F35O2. The summed E-state index contributed by atoms with van der Waals surface area (Å²) in [5.74, 6) is -151. The van der Waals surface area contributed by atoms with Crippen LogP contribution in [0.3, 0.4) is 0 Å². The van der Waals surface area contributed by atoms with Gasteiger partial charge in [0.2, 0.25) is 0 Å². The van der Waals surface area contributed by atoms with Crippen LogP contribution in [0.2, 0.25) is 0 Å². The number of alkyl halides is 35. The van der Waals surface area contributed by atoms with Crippen molar-refractivity contribution in [3.63, 3.8) is 0 Å². The fraction of sp³-hybridized carbons (Fsp3) is 0.857. The number of halogens is 35. The average Bonchev–Trinajstić information content (AvgIpc) is 2.98. The Morgan fingerprint density at radius 3 is 0.569 bits per heavy atom. The van der Waals surface area contributed by atoms with E-state index < -0.39 is 120 Å². The van der Waals surface area contributed by atoms with E-state index in [2.05, 4.69) is 0 Å². The second-order valence-electron chi connectivity index (χ2n) is 10.8. The molecule has 0 aliphatic heterocycles. The molecule has 0 aliphatic rings. The van der Waals surface area contributed by atoms with Crippen LogP contribution in [0.25, 0.3) is 0 Å². The smallest absolute Gasteiger partial charge is 0.413 e. The SMILES string of the molecule is C=C(C)C(=O)OC(F)(C(F)(F)C(F)(F)C(F)(F)C(F)(F)C(F)(F)F)C(F)(F)C(F)(F)C(F)(F)C(F)(F)C(F)(F)C(F)(F)C(F)(F)C(F)(F)C(F)(F)C(F)(F)C(F)(F)F. The topological polar surface area (TPSA) is 26.3 Å².